The quantitative estimate of drug-likeness (QED) is 0.179. The molecule has 1 aliphatic heterocycles. The predicted molar refractivity (Wildman–Crippen MR) is 160 cm³/mol. The smallest absolute Gasteiger partial charge is 0.318 e. The Morgan fingerprint density at radius 1 is 1.05 bits per heavy atom. The van der Waals surface area contributed by atoms with Gasteiger partial charge in [0, 0.05) is 56.3 Å². The number of hydrogen-bond acceptors (Lipinski definition) is 8. The molecule has 0 unspecified atom stereocenters. The second-order valence-electron chi connectivity index (χ2n) is 9.16. The molecule has 2 aromatic carbocycles. The minimum atomic E-state index is -0.250. The van der Waals surface area contributed by atoms with E-state index >= 15 is 0 Å². The Bertz CT molecular complexity index is 1460. The summed E-state index contributed by atoms with van der Waals surface area (Å²) >= 11 is 3.30. The number of nitrogens with zero attached hydrogens (tertiary/aromatic N) is 1. The summed E-state index contributed by atoms with van der Waals surface area (Å²) in [7, 11) is 3.25. The zero-order valence-corrected chi connectivity index (χ0v) is 23.6. The lowest BCUT2D eigenvalue weighted by molar-refractivity contribution is -0.116. The summed E-state index contributed by atoms with van der Waals surface area (Å²) in [4.78, 5) is 30.7. The van der Waals surface area contributed by atoms with Crippen molar-refractivity contribution < 1.29 is 14.3 Å². The molecular weight excluding hydrogens is 532 g/mol. The second-order valence-corrected chi connectivity index (χ2v) is 11.3. The van der Waals surface area contributed by atoms with E-state index in [9.17, 15) is 9.59 Å². The van der Waals surface area contributed by atoms with Crippen molar-refractivity contribution in [2.45, 2.75) is 19.4 Å². The molecule has 0 spiro atoms. The van der Waals surface area contributed by atoms with Crippen LogP contribution in [0.15, 0.2) is 42.5 Å². The number of thiophene rings is 1. The summed E-state index contributed by atoms with van der Waals surface area (Å²) in [5, 5.41) is 17.0. The number of carbonyl (C=O) groups excluding carboxylic acids is 2. The summed E-state index contributed by atoms with van der Waals surface area (Å²) in [5.41, 5.74) is 6.09. The molecular formula is C28H32N6O3S2. The topological polar surface area (TPSA) is 116 Å². The van der Waals surface area contributed by atoms with Crippen molar-refractivity contribution in [3.05, 3.63) is 52.9 Å². The van der Waals surface area contributed by atoms with E-state index in [4.69, 9.17) is 9.72 Å². The number of amides is 3. The van der Waals surface area contributed by atoms with E-state index in [0.29, 0.717) is 19.6 Å². The van der Waals surface area contributed by atoms with Crippen LogP contribution in [0.5, 0.6) is 0 Å². The van der Waals surface area contributed by atoms with Gasteiger partial charge in [-0.2, -0.15) is 0 Å². The molecule has 0 radical (unpaired) electrons. The molecule has 204 valence electrons. The summed E-state index contributed by atoms with van der Waals surface area (Å²) in [6.45, 7) is 3.66. The number of hydrogen-bond donors (Lipinski definition) is 5. The van der Waals surface area contributed by atoms with Gasteiger partial charge >= 0.3 is 6.03 Å². The van der Waals surface area contributed by atoms with Gasteiger partial charge in [-0.25, -0.2) is 9.78 Å². The number of urea groups is 1. The van der Waals surface area contributed by atoms with E-state index in [0.717, 1.165) is 68.7 Å². The molecule has 3 amide bonds. The van der Waals surface area contributed by atoms with Crippen molar-refractivity contribution in [1.82, 2.24) is 20.9 Å². The van der Waals surface area contributed by atoms with Crippen LogP contribution in [0.2, 0.25) is 0 Å². The number of thiazole rings is 1. The summed E-state index contributed by atoms with van der Waals surface area (Å²) in [6, 6.07) is 13.8. The molecule has 4 aromatic rings. The van der Waals surface area contributed by atoms with Gasteiger partial charge in [0.15, 0.2) is 0 Å². The van der Waals surface area contributed by atoms with E-state index < -0.39 is 0 Å². The number of rotatable bonds is 10. The van der Waals surface area contributed by atoms with Crippen LogP contribution in [0.25, 0.3) is 31.9 Å². The third-order valence-electron chi connectivity index (χ3n) is 6.50. The molecule has 3 heterocycles. The zero-order valence-electron chi connectivity index (χ0n) is 22.0. The van der Waals surface area contributed by atoms with E-state index in [1.54, 1.807) is 36.8 Å². The maximum atomic E-state index is 12.8. The summed E-state index contributed by atoms with van der Waals surface area (Å²) < 4.78 is 6.14. The van der Waals surface area contributed by atoms with Crippen LogP contribution in [-0.4, -0.2) is 57.3 Å². The fourth-order valence-electron chi connectivity index (χ4n) is 4.49. The van der Waals surface area contributed by atoms with Crippen molar-refractivity contribution in [2.24, 2.45) is 0 Å². The molecule has 1 aliphatic rings. The van der Waals surface area contributed by atoms with Crippen LogP contribution in [0.1, 0.15) is 16.9 Å². The monoisotopic (exact) mass is 564 g/mol. The van der Waals surface area contributed by atoms with Crippen LogP contribution in [-0.2, 0) is 22.5 Å². The van der Waals surface area contributed by atoms with Crippen LogP contribution in [0, 0.1) is 0 Å². The van der Waals surface area contributed by atoms with E-state index in [1.807, 2.05) is 24.3 Å². The molecule has 0 saturated heterocycles. The first-order chi connectivity index (χ1) is 19.1. The lowest BCUT2D eigenvalue weighted by Crippen LogP contribution is -2.24. The van der Waals surface area contributed by atoms with Gasteiger partial charge in [0.2, 0.25) is 5.91 Å². The maximum absolute atomic E-state index is 12.8. The third kappa shape index (κ3) is 6.45. The first-order valence-corrected chi connectivity index (χ1v) is 14.5. The van der Waals surface area contributed by atoms with Crippen molar-refractivity contribution >= 4 is 55.5 Å². The largest absolute Gasteiger partial charge is 0.383 e. The maximum Gasteiger partial charge on any atom is 0.318 e. The number of aromatic nitrogens is 1. The Morgan fingerprint density at radius 3 is 2.67 bits per heavy atom. The Balaban J connectivity index is 1.39. The standard InChI is InChI=1S/C28H32N6O3S2/c1-29-28(36)32-19-6-3-17(4-7-19)18-5-8-22-21(15-18)33-26(38-22)25-20-9-11-31-16-23(20)39-27(25)34-24(35)10-12-30-13-14-37-2/h3-8,15,30-31H,9-14,16H2,1-2H3,(H,34,35)(H2,29,32,36). The van der Waals surface area contributed by atoms with E-state index in [2.05, 4.69) is 44.8 Å². The number of methoxy groups -OCH3 is 1. The average molecular weight is 565 g/mol. The van der Waals surface area contributed by atoms with Crippen molar-refractivity contribution in [1.29, 1.82) is 0 Å². The number of carbonyl (C=O) groups is 2. The molecule has 0 aliphatic carbocycles. The Morgan fingerprint density at radius 2 is 1.87 bits per heavy atom. The van der Waals surface area contributed by atoms with Gasteiger partial charge in [-0.1, -0.05) is 18.2 Å². The van der Waals surface area contributed by atoms with Gasteiger partial charge in [-0.3, -0.25) is 4.79 Å². The molecule has 0 atom stereocenters. The number of anilines is 2. The minimum Gasteiger partial charge on any atom is -0.383 e. The van der Waals surface area contributed by atoms with Crippen LogP contribution >= 0.6 is 22.7 Å². The fourth-order valence-corrected chi connectivity index (χ4v) is 6.82. The number of ether oxygens (including phenoxy) is 1. The lowest BCUT2D eigenvalue weighted by Gasteiger charge is -2.13. The lowest BCUT2D eigenvalue weighted by atomic mass is 10.0. The Kier molecular flexibility index (Phi) is 8.84. The summed E-state index contributed by atoms with van der Waals surface area (Å²) in [5.74, 6) is -0.00882. The Hall–Kier alpha value is -3.35. The highest BCUT2D eigenvalue weighted by molar-refractivity contribution is 7.23. The molecule has 5 rings (SSSR count). The molecule has 0 bridgehead atoms. The summed E-state index contributed by atoms with van der Waals surface area (Å²) in [6.07, 6.45) is 1.30. The highest BCUT2D eigenvalue weighted by Gasteiger charge is 2.25. The van der Waals surface area contributed by atoms with Gasteiger partial charge < -0.3 is 31.3 Å². The van der Waals surface area contributed by atoms with Gasteiger partial charge in [0.25, 0.3) is 0 Å². The van der Waals surface area contributed by atoms with Gasteiger partial charge in [0.1, 0.15) is 10.0 Å². The third-order valence-corrected chi connectivity index (χ3v) is 8.70. The molecule has 9 nitrogen and oxygen atoms in total. The normalized spacial score (nSPS) is 12.8. The van der Waals surface area contributed by atoms with Gasteiger partial charge in [-0.05, 0) is 53.9 Å². The van der Waals surface area contributed by atoms with Gasteiger partial charge in [0.05, 0.1) is 16.8 Å². The molecule has 2 aromatic heterocycles. The second kappa shape index (κ2) is 12.7. The SMILES string of the molecule is CNC(=O)Nc1ccc(-c2ccc3sc(-c4c(NC(=O)CCNCCOC)sc5c4CCNC5)nc3c2)cc1. The molecule has 39 heavy (non-hydrogen) atoms. The molecule has 11 heteroatoms. The van der Waals surface area contributed by atoms with Crippen LogP contribution < -0.4 is 26.6 Å². The van der Waals surface area contributed by atoms with Crippen molar-refractivity contribution in [2.75, 3.05) is 51.0 Å². The predicted octanol–water partition coefficient (Wildman–Crippen LogP) is 4.65. The molecule has 0 saturated carbocycles. The van der Waals surface area contributed by atoms with E-state index in [-0.39, 0.29) is 11.9 Å². The van der Waals surface area contributed by atoms with E-state index in [1.165, 1.54) is 10.4 Å². The molecule has 0 fully saturated rings. The average Bonchev–Trinajstić information content (AvgIpc) is 3.53. The first-order valence-electron chi connectivity index (χ1n) is 12.9. The minimum absolute atomic E-state index is 0.00882. The van der Waals surface area contributed by atoms with Crippen molar-refractivity contribution in [3.8, 4) is 21.7 Å². The zero-order chi connectivity index (χ0) is 27.2. The number of fused-ring (bicyclic) bond motifs is 2. The number of nitrogens with one attached hydrogen (secondary N) is 5. The Labute approximate surface area is 235 Å². The number of benzene rings is 2. The fraction of sp³-hybridized carbons (Fsp3) is 0.321. The molecule has 5 N–H and O–H groups in total. The first kappa shape index (κ1) is 27.2. The highest BCUT2D eigenvalue weighted by Crippen LogP contribution is 2.45. The van der Waals surface area contributed by atoms with Gasteiger partial charge in [-0.15, -0.1) is 22.7 Å². The van der Waals surface area contributed by atoms with Crippen molar-refractivity contribution in [3.63, 3.8) is 0 Å². The van der Waals surface area contributed by atoms with Crippen LogP contribution in [0.4, 0.5) is 15.5 Å². The highest BCUT2D eigenvalue weighted by atomic mass is 32.1. The van der Waals surface area contributed by atoms with Crippen LogP contribution in [0.3, 0.4) is 0 Å².